The van der Waals surface area contributed by atoms with Crippen LogP contribution < -0.4 is 15.4 Å². The van der Waals surface area contributed by atoms with E-state index in [-0.39, 0.29) is 23.8 Å². The Balaban J connectivity index is 1.39. The highest BCUT2D eigenvalue weighted by Gasteiger charge is 2.25. The Morgan fingerprint density at radius 3 is 2.75 bits per heavy atom. The average molecular weight is 549 g/mol. The average Bonchev–Trinajstić information content (AvgIpc) is 3.46. The van der Waals surface area contributed by atoms with Crippen LogP contribution in [0.15, 0.2) is 30.6 Å². The maximum Gasteiger partial charge on any atom is 0.210 e. The molecule has 12 heteroatoms. The second-order valence-corrected chi connectivity index (χ2v) is 11.0. The molecule has 0 amide bonds. The van der Waals surface area contributed by atoms with Crippen molar-refractivity contribution in [1.82, 2.24) is 29.3 Å². The molecule has 0 radical (unpaired) electrons. The van der Waals surface area contributed by atoms with Gasteiger partial charge >= 0.3 is 0 Å². The third kappa shape index (κ3) is 6.07. The van der Waals surface area contributed by atoms with Gasteiger partial charge in [0.15, 0.2) is 17.2 Å². The van der Waals surface area contributed by atoms with Crippen molar-refractivity contribution in [3.8, 4) is 11.5 Å². The van der Waals surface area contributed by atoms with Crippen LogP contribution in [0.3, 0.4) is 0 Å². The van der Waals surface area contributed by atoms with Gasteiger partial charge in [0.2, 0.25) is 5.95 Å². The fourth-order valence-corrected chi connectivity index (χ4v) is 4.62. The van der Waals surface area contributed by atoms with Crippen LogP contribution in [-0.2, 0) is 33.3 Å². The van der Waals surface area contributed by atoms with Gasteiger partial charge < -0.3 is 29.4 Å². The Labute approximate surface area is 233 Å². The number of ether oxygens (including phenoxy) is 3. The van der Waals surface area contributed by atoms with Crippen LogP contribution in [0.2, 0.25) is 0 Å². The topological polar surface area (TPSA) is 130 Å². The van der Waals surface area contributed by atoms with Gasteiger partial charge in [-0.25, -0.2) is 9.97 Å². The Morgan fingerprint density at radius 1 is 1.20 bits per heavy atom. The van der Waals surface area contributed by atoms with Crippen molar-refractivity contribution in [3.05, 3.63) is 41.9 Å². The Bertz CT molecular complexity index is 1510. The molecule has 1 saturated heterocycles. The number of ketones is 1. The molecule has 4 aromatic heterocycles. The number of fused-ring (bicyclic) bond motifs is 1. The molecule has 5 heterocycles. The van der Waals surface area contributed by atoms with Crippen molar-refractivity contribution >= 4 is 34.5 Å². The molecule has 0 spiro atoms. The number of carbonyl (C=O) groups is 1. The van der Waals surface area contributed by atoms with Gasteiger partial charge in [0, 0.05) is 42.0 Å². The first kappa shape index (κ1) is 27.5. The van der Waals surface area contributed by atoms with Crippen LogP contribution in [0.1, 0.15) is 39.0 Å². The SMILES string of the molecule is CC(=O)CNc1cc(Oc2cnc3nc(Nc4cc(C(C)(C)C)n(C[C@H]5COCCO5)n4)n(C)c3c2C)ccn1. The van der Waals surface area contributed by atoms with Crippen LogP contribution in [0.25, 0.3) is 11.2 Å². The fraction of sp³-hybridized carbons (Fsp3) is 0.464. The lowest BCUT2D eigenvalue weighted by Gasteiger charge is -2.26. The number of nitrogens with zero attached hydrogens (tertiary/aromatic N) is 6. The molecule has 1 aliphatic rings. The van der Waals surface area contributed by atoms with E-state index in [9.17, 15) is 4.79 Å². The van der Waals surface area contributed by atoms with E-state index in [1.165, 1.54) is 6.92 Å². The summed E-state index contributed by atoms with van der Waals surface area (Å²) < 4.78 is 21.5. The number of carbonyl (C=O) groups excluding carboxylic acids is 1. The molecule has 0 aromatic carbocycles. The number of imidazole rings is 1. The normalized spacial score (nSPS) is 15.8. The van der Waals surface area contributed by atoms with E-state index in [0.717, 1.165) is 16.8 Å². The molecular formula is C28H36N8O4. The molecule has 1 atom stereocenters. The monoisotopic (exact) mass is 548 g/mol. The Morgan fingerprint density at radius 2 is 2.02 bits per heavy atom. The molecule has 4 aromatic rings. The Kier molecular flexibility index (Phi) is 7.72. The molecule has 0 unspecified atom stereocenters. The summed E-state index contributed by atoms with van der Waals surface area (Å²) in [6.45, 7) is 12.6. The summed E-state index contributed by atoms with van der Waals surface area (Å²) in [6, 6.07) is 5.56. The van der Waals surface area contributed by atoms with Crippen LogP contribution in [0.5, 0.6) is 11.5 Å². The lowest BCUT2D eigenvalue weighted by atomic mass is 9.92. The van der Waals surface area contributed by atoms with Crippen LogP contribution >= 0.6 is 0 Å². The van der Waals surface area contributed by atoms with Crippen molar-refractivity contribution < 1.29 is 19.0 Å². The molecule has 0 bridgehead atoms. The number of hydrogen-bond donors (Lipinski definition) is 2. The number of hydrogen-bond acceptors (Lipinski definition) is 10. The highest BCUT2D eigenvalue weighted by atomic mass is 16.6. The molecule has 212 valence electrons. The third-order valence-electron chi connectivity index (χ3n) is 6.63. The van der Waals surface area contributed by atoms with Crippen molar-refractivity contribution in [2.45, 2.75) is 52.7 Å². The van der Waals surface area contributed by atoms with Gasteiger partial charge in [0.05, 0.1) is 44.6 Å². The van der Waals surface area contributed by atoms with Crippen molar-refractivity contribution in [1.29, 1.82) is 0 Å². The molecule has 1 aliphatic heterocycles. The van der Waals surface area contributed by atoms with Gasteiger partial charge in [-0.2, -0.15) is 10.1 Å². The lowest BCUT2D eigenvalue weighted by Crippen LogP contribution is -2.34. The van der Waals surface area contributed by atoms with Gasteiger partial charge in [0.1, 0.15) is 23.5 Å². The molecule has 5 rings (SSSR count). The zero-order valence-electron chi connectivity index (χ0n) is 23.8. The number of aromatic nitrogens is 6. The molecule has 2 N–H and O–H groups in total. The van der Waals surface area contributed by atoms with Gasteiger partial charge in [-0.15, -0.1) is 0 Å². The van der Waals surface area contributed by atoms with Gasteiger partial charge in [0.25, 0.3) is 0 Å². The van der Waals surface area contributed by atoms with E-state index in [2.05, 4.69) is 47.4 Å². The van der Waals surface area contributed by atoms with Crippen molar-refractivity contribution in [2.75, 3.05) is 37.0 Å². The molecular weight excluding hydrogens is 512 g/mol. The van der Waals surface area contributed by atoms with Crippen LogP contribution in [0.4, 0.5) is 17.6 Å². The van der Waals surface area contributed by atoms with E-state index in [4.69, 9.17) is 24.3 Å². The number of Topliss-reactive ketones (excluding diaryl/α,β-unsaturated/α-hetero) is 1. The van der Waals surface area contributed by atoms with Gasteiger partial charge in [-0.3, -0.25) is 9.48 Å². The second kappa shape index (κ2) is 11.2. The maximum absolute atomic E-state index is 11.3. The summed E-state index contributed by atoms with van der Waals surface area (Å²) in [4.78, 5) is 24.8. The third-order valence-corrected chi connectivity index (χ3v) is 6.63. The number of pyridine rings is 2. The first-order chi connectivity index (χ1) is 19.1. The standard InChI is InChI=1S/C28H36N8O4/c1-17(37)13-30-23-11-19(7-8-29-23)40-21-14-31-26-25(18(21)2)35(6)27(33-26)32-24-12-22(28(3,4)5)36(34-24)15-20-16-38-9-10-39-20/h7-8,11-12,14,20H,9-10,13,15-16H2,1-6H3,(H,29,30)(H,31,32,33,34)/t20-/m0/s1. The molecule has 12 nitrogen and oxygen atoms in total. The van der Waals surface area contributed by atoms with Gasteiger partial charge in [-0.05, 0) is 19.9 Å². The zero-order valence-corrected chi connectivity index (χ0v) is 23.8. The summed E-state index contributed by atoms with van der Waals surface area (Å²) in [6.07, 6.45) is 3.25. The zero-order chi connectivity index (χ0) is 28.4. The predicted octanol–water partition coefficient (Wildman–Crippen LogP) is 4.12. The summed E-state index contributed by atoms with van der Waals surface area (Å²) in [5, 5.41) is 11.2. The first-order valence-corrected chi connectivity index (χ1v) is 13.3. The van der Waals surface area contributed by atoms with E-state index in [1.807, 2.05) is 23.2 Å². The van der Waals surface area contributed by atoms with Crippen molar-refractivity contribution in [2.24, 2.45) is 7.05 Å². The number of rotatable bonds is 9. The van der Waals surface area contributed by atoms with Crippen molar-refractivity contribution in [3.63, 3.8) is 0 Å². The summed E-state index contributed by atoms with van der Waals surface area (Å²) in [5.41, 5.74) is 3.29. The highest BCUT2D eigenvalue weighted by Crippen LogP contribution is 2.32. The minimum atomic E-state index is -0.117. The predicted molar refractivity (Wildman–Crippen MR) is 151 cm³/mol. The molecule has 40 heavy (non-hydrogen) atoms. The number of nitrogens with one attached hydrogen (secondary N) is 2. The fourth-order valence-electron chi connectivity index (χ4n) is 4.62. The van der Waals surface area contributed by atoms with E-state index in [0.29, 0.717) is 61.1 Å². The summed E-state index contributed by atoms with van der Waals surface area (Å²) >= 11 is 0. The van der Waals surface area contributed by atoms with E-state index >= 15 is 0 Å². The summed E-state index contributed by atoms with van der Waals surface area (Å²) in [7, 11) is 1.93. The smallest absolute Gasteiger partial charge is 0.210 e. The second-order valence-electron chi connectivity index (χ2n) is 11.0. The van der Waals surface area contributed by atoms with Gasteiger partial charge in [-0.1, -0.05) is 20.8 Å². The maximum atomic E-state index is 11.3. The quantitative estimate of drug-likeness (QED) is 0.315. The first-order valence-electron chi connectivity index (χ1n) is 13.3. The summed E-state index contributed by atoms with van der Waals surface area (Å²) in [5.74, 6) is 3.07. The number of anilines is 3. The Hall–Kier alpha value is -4.03. The lowest BCUT2D eigenvalue weighted by molar-refractivity contribution is -0.115. The minimum Gasteiger partial charge on any atom is -0.455 e. The van der Waals surface area contributed by atoms with E-state index in [1.54, 1.807) is 24.5 Å². The molecule has 1 fully saturated rings. The highest BCUT2D eigenvalue weighted by molar-refractivity contribution is 5.81. The van der Waals surface area contributed by atoms with E-state index < -0.39 is 0 Å². The molecule has 0 aliphatic carbocycles. The number of aryl methyl sites for hydroxylation is 2. The minimum absolute atomic E-state index is 0.0217. The van der Waals surface area contributed by atoms with Crippen LogP contribution in [0, 0.1) is 6.92 Å². The van der Waals surface area contributed by atoms with Crippen LogP contribution in [-0.4, -0.2) is 67.6 Å². The largest absolute Gasteiger partial charge is 0.455 e. The molecule has 0 saturated carbocycles.